The Hall–Kier alpha value is -1.51. The van der Waals surface area contributed by atoms with E-state index < -0.39 is 5.97 Å². The fourth-order valence-electron chi connectivity index (χ4n) is 2.31. The van der Waals surface area contributed by atoms with Crippen molar-refractivity contribution in [1.82, 2.24) is 0 Å². The van der Waals surface area contributed by atoms with E-state index in [0.29, 0.717) is 11.5 Å². The molecule has 0 bridgehead atoms. The predicted octanol–water partition coefficient (Wildman–Crippen LogP) is 5.15. The molecular weight excluding hydrogens is 264 g/mol. The van der Waals surface area contributed by atoms with E-state index in [1.807, 2.05) is 0 Å². The number of hydrogen-bond acceptors (Lipinski definition) is 2. The second-order valence-electron chi connectivity index (χ2n) is 5.83. The van der Waals surface area contributed by atoms with Gasteiger partial charge in [0.05, 0.1) is 11.7 Å². The highest BCUT2D eigenvalue weighted by Crippen LogP contribution is 2.20. The summed E-state index contributed by atoms with van der Waals surface area (Å²) in [6, 6.07) is 6.63. The Kier molecular flexibility index (Phi) is 7.88. The van der Waals surface area contributed by atoms with Crippen molar-refractivity contribution in [1.29, 1.82) is 0 Å². The number of carboxylic acid groups (broad SMARTS) is 1. The molecule has 0 aliphatic heterocycles. The van der Waals surface area contributed by atoms with Gasteiger partial charge in [0.2, 0.25) is 0 Å². The van der Waals surface area contributed by atoms with Crippen molar-refractivity contribution in [3.63, 3.8) is 0 Å². The van der Waals surface area contributed by atoms with E-state index in [2.05, 4.69) is 20.8 Å². The van der Waals surface area contributed by atoms with Crippen LogP contribution in [0.2, 0.25) is 0 Å². The van der Waals surface area contributed by atoms with Crippen LogP contribution in [0.1, 0.15) is 69.7 Å². The number of carbonyl (C=O) groups is 1. The summed E-state index contributed by atoms with van der Waals surface area (Å²) < 4.78 is 5.90. The third kappa shape index (κ3) is 6.65. The number of rotatable bonds is 10. The summed E-state index contributed by atoms with van der Waals surface area (Å²) in [6.45, 7) is 6.53. The van der Waals surface area contributed by atoms with Crippen molar-refractivity contribution in [2.24, 2.45) is 5.92 Å². The molecule has 1 unspecified atom stereocenters. The normalized spacial score (nSPS) is 13.7. The molecule has 0 fully saturated rings. The van der Waals surface area contributed by atoms with Gasteiger partial charge in [0.15, 0.2) is 0 Å². The second-order valence-corrected chi connectivity index (χ2v) is 5.83. The van der Waals surface area contributed by atoms with Crippen molar-refractivity contribution >= 4 is 5.97 Å². The zero-order valence-corrected chi connectivity index (χ0v) is 13.5. The van der Waals surface area contributed by atoms with Crippen LogP contribution in [-0.2, 0) is 0 Å². The smallest absolute Gasteiger partial charge is 0.335 e. The molecule has 0 spiro atoms. The highest BCUT2D eigenvalue weighted by atomic mass is 16.5. The van der Waals surface area contributed by atoms with Gasteiger partial charge in [0, 0.05) is 0 Å². The summed E-state index contributed by atoms with van der Waals surface area (Å²) in [7, 11) is 0. The standard InChI is InChI=1S/C18H28O3/c1-4-5-6-7-8-9-14(2)15(3)21-17-12-10-16(11-13-17)18(19)20/h10-15H,4-9H2,1-3H3,(H,19,20)/t14?,15-/m0/s1. The quantitative estimate of drug-likeness (QED) is 0.607. The number of benzene rings is 1. The monoisotopic (exact) mass is 292 g/mol. The van der Waals surface area contributed by atoms with Gasteiger partial charge in [-0.25, -0.2) is 4.79 Å². The van der Waals surface area contributed by atoms with Crippen LogP contribution in [0.25, 0.3) is 0 Å². The summed E-state index contributed by atoms with van der Waals surface area (Å²) in [5, 5.41) is 8.86. The Bertz CT molecular complexity index is 411. The van der Waals surface area contributed by atoms with Gasteiger partial charge in [-0.1, -0.05) is 46.0 Å². The van der Waals surface area contributed by atoms with E-state index in [1.54, 1.807) is 24.3 Å². The summed E-state index contributed by atoms with van der Waals surface area (Å²) >= 11 is 0. The lowest BCUT2D eigenvalue weighted by molar-refractivity contribution is 0.0697. The molecule has 0 saturated heterocycles. The Balaban J connectivity index is 2.34. The molecule has 118 valence electrons. The molecule has 3 heteroatoms. The minimum atomic E-state index is -0.907. The van der Waals surface area contributed by atoms with Crippen LogP contribution < -0.4 is 4.74 Å². The average molecular weight is 292 g/mol. The molecule has 0 radical (unpaired) electrons. The van der Waals surface area contributed by atoms with Gasteiger partial charge >= 0.3 is 5.97 Å². The lowest BCUT2D eigenvalue weighted by atomic mass is 9.97. The molecule has 0 aliphatic rings. The van der Waals surface area contributed by atoms with Gasteiger partial charge in [-0.2, -0.15) is 0 Å². The van der Waals surface area contributed by atoms with Crippen LogP contribution in [0.3, 0.4) is 0 Å². The number of unbranched alkanes of at least 4 members (excludes halogenated alkanes) is 4. The third-order valence-electron chi connectivity index (χ3n) is 3.99. The van der Waals surface area contributed by atoms with Crippen LogP contribution in [-0.4, -0.2) is 17.2 Å². The van der Waals surface area contributed by atoms with Crippen LogP contribution in [0.4, 0.5) is 0 Å². The fraction of sp³-hybridized carbons (Fsp3) is 0.611. The minimum Gasteiger partial charge on any atom is -0.490 e. The zero-order chi connectivity index (χ0) is 15.7. The maximum absolute atomic E-state index is 10.8. The first-order chi connectivity index (χ1) is 10.0. The van der Waals surface area contributed by atoms with E-state index in [0.717, 1.165) is 5.75 Å². The number of ether oxygens (including phenoxy) is 1. The molecule has 1 rings (SSSR count). The molecule has 0 amide bonds. The van der Waals surface area contributed by atoms with Crippen LogP contribution in [0, 0.1) is 5.92 Å². The SMILES string of the molecule is CCCCCCCC(C)[C@H](C)Oc1ccc(C(=O)O)cc1. The van der Waals surface area contributed by atoms with E-state index in [4.69, 9.17) is 9.84 Å². The number of hydrogen-bond donors (Lipinski definition) is 1. The van der Waals surface area contributed by atoms with Crippen molar-refractivity contribution < 1.29 is 14.6 Å². The average Bonchev–Trinajstić information content (AvgIpc) is 2.47. The highest BCUT2D eigenvalue weighted by Gasteiger charge is 2.14. The van der Waals surface area contributed by atoms with E-state index in [1.165, 1.54) is 38.5 Å². The van der Waals surface area contributed by atoms with Gasteiger partial charge in [-0.15, -0.1) is 0 Å². The fourth-order valence-corrected chi connectivity index (χ4v) is 2.31. The van der Waals surface area contributed by atoms with Crippen LogP contribution in [0.5, 0.6) is 5.75 Å². The van der Waals surface area contributed by atoms with Crippen LogP contribution in [0.15, 0.2) is 24.3 Å². The molecule has 0 heterocycles. The van der Waals surface area contributed by atoms with Crippen molar-refractivity contribution in [3.05, 3.63) is 29.8 Å². The first kappa shape index (κ1) is 17.5. The van der Waals surface area contributed by atoms with Gasteiger partial charge in [-0.3, -0.25) is 0 Å². The number of aromatic carboxylic acids is 1. The molecule has 0 aliphatic carbocycles. The molecule has 2 atom stereocenters. The zero-order valence-electron chi connectivity index (χ0n) is 13.5. The van der Waals surface area contributed by atoms with E-state index >= 15 is 0 Å². The summed E-state index contributed by atoms with van der Waals surface area (Å²) in [5.41, 5.74) is 0.291. The summed E-state index contributed by atoms with van der Waals surface area (Å²) in [5.74, 6) is 0.339. The van der Waals surface area contributed by atoms with Crippen molar-refractivity contribution in [3.8, 4) is 5.75 Å². The molecule has 0 saturated carbocycles. The second kappa shape index (κ2) is 9.43. The Morgan fingerprint density at radius 1 is 1.10 bits per heavy atom. The maximum Gasteiger partial charge on any atom is 0.335 e. The third-order valence-corrected chi connectivity index (χ3v) is 3.99. The maximum atomic E-state index is 10.8. The summed E-state index contributed by atoms with van der Waals surface area (Å²) in [6.07, 6.45) is 7.82. The lowest BCUT2D eigenvalue weighted by Crippen LogP contribution is -2.21. The molecule has 3 nitrogen and oxygen atoms in total. The Morgan fingerprint density at radius 2 is 1.71 bits per heavy atom. The van der Waals surface area contributed by atoms with E-state index in [-0.39, 0.29) is 6.10 Å². The molecule has 1 aromatic carbocycles. The van der Waals surface area contributed by atoms with Crippen molar-refractivity contribution in [2.45, 2.75) is 65.4 Å². The predicted molar refractivity (Wildman–Crippen MR) is 86.0 cm³/mol. The van der Waals surface area contributed by atoms with Gasteiger partial charge in [0.25, 0.3) is 0 Å². The molecular formula is C18H28O3. The Morgan fingerprint density at radius 3 is 2.29 bits per heavy atom. The first-order valence-corrected chi connectivity index (χ1v) is 8.04. The largest absolute Gasteiger partial charge is 0.490 e. The van der Waals surface area contributed by atoms with Crippen molar-refractivity contribution in [2.75, 3.05) is 0 Å². The lowest BCUT2D eigenvalue weighted by Gasteiger charge is -2.21. The topological polar surface area (TPSA) is 46.5 Å². The molecule has 21 heavy (non-hydrogen) atoms. The van der Waals surface area contributed by atoms with Crippen LogP contribution >= 0.6 is 0 Å². The number of carboxylic acids is 1. The molecule has 0 aromatic heterocycles. The minimum absolute atomic E-state index is 0.145. The van der Waals surface area contributed by atoms with E-state index in [9.17, 15) is 4.79 Å². The Labute approximate surface area is 128 Å². The van der Waals surface area contributed by atoms with Gasteiger partial charge in [-0.05, 0) is 43.5 Å². The highest BCUT2D eigenvalue weighted by molar-refractivity contribution is 5.87. The first-order valence-electron chi connectivity index (χ1n) is 8.04. The summed E-state index contributed by atoms with van der Waals surface area (Å²) in [4.78, 5) is 10.8. The molecule has 1 N–H and O–H groups in total. The molecule has 1 aromatic rings. The van der Waals surface area contributed by atoms with Gasteiger partial charge in [0.1, 0.15) is 5.75 Å². The van der Waals surface area contributed by atoms with Gasteiger partial charge < -0.3 is 9.84 Å².